The van der Waals surface area contributed by atoms with Crippen molar-refractivity contribution in [2.75, 3.05) is 12.4 Å². The van der Waals surface area contributed by atoms with Gasteiger partial charge in [0.1, 0.15) is 0 Å². The summed E-state index contributed by atoms with van der Waals surface area (Å²) in [6.07, 6.45) is 0.854. The summed E-state index contributed by atoms with van der Waals surface area (Å²) in [6.45, 7) is -0.0147. The first-order chi connectivity index (χ1) is 4.95. The summed E-state index contributed by atoms with van der Waals surface area (Å²) < 4.78 is 28.8. The second-order valence-corrected chi connectivity index (χ2v) is 3.87. The van der Waals surface area contributed by atoms with Gasteiger partial charge in [-0.2, -0.15) is 8.42 Å². The molecular weight excluding hydrogens is 170 g/mol. The molecule has 0 aliphatic heterocycles. The summed E-state index contributed by atoms with van der Waals surface area (Å²) >= 11 is 0. The van der Waals surface area contributed by atoms with Crippen molar-refractivity contribution in [1.82, 2.24) is 0 Å². The lowest BCUT2D eigenvalue weighted by molar-refractivity contribution is 0.280. The Labute approximate surface area is 66.0 Å². The summed E-state index contributed by atoms with van der Waals surface area (Å²) in [5.74, 6) is -0.438. The number of rotatable bonds is 5. The highest BCUT2D eigenvalue weighted by atomic mass is 32.2. The summed E-state index contributed by atoms with van der Waals surface area (Å²) in [5, 5.41) is 8.35. The minimum absolute atomic E-state index is 0.0147. The Morgan fingerprint density at radius 1 is 1.45 bits per heavy atom. The molecule has 0 saturated heterocycles. The van der Waals surface area contributed by atoms with Crippen LogP contribution in [0.15, 0.2) is 0 Å². The molecule has 4 N–H and O–H groups in total. The van der Waals surface area contributed by atoms with Gasteiger partial charge in [-0.05, 0) is 12.8 Å². The van der Waals surface area contributed by atoms with E-state index in [4.69, 9.17) is 15.4 Å². The van der Waals surface area contributed by atoms with Gasteiger partial charge >= 0.3 is 0 Å². The van der Waals surface area contributed by atoms with Crippen molar-refractivity contribution in [1.29, 1.82) is 0 Å². The normalized spacial score (nSPS) is 14.8. The zero-order chi connectivity index (χ0) is 8.91. The lowest BCUT2D eigenvalue weighted by Gasteiger charge is -2.06. The van der Waals surface area contributed by atoms with Crippen molar-refractivity contribution in [3.8, 4) is 0 Å². The summed E-state index contributed by atoms with van der Waals surface area (Å²) in [7, 11) is -3.96. The highest BCUT2D eigenvalue weighted by molar-refractivity contribution is 7.85. The van der Waals surface area contributed by atoms with Crippen LogP contribution in [-0.4, -0.2) is 36.5 Å². The molecule has 0 fully saturated rings. The Morgan fingerprint density at radius 3 is 2.36 bits per heavy atom. The molecule has 6 heteroatoms. The monoisotopic (exact) mass is 183 g/mol. The molecule has 0 aromatic rings. The van der Waals surface area contributed by atoms with E-state index >= 15 is 0 Å². The van der Waals surface area contributed by atoms with Crippen molar-refractivity contribution in [3.63, 3.8) is 0 Å². The molecule has 0 rings (SSSR count). The summed E-state index contributed by atoms with van der Waals surface area (Å²) in [5.41, 5.74) is 5.30. The minimum atomic E-state index is -3.96. The third kappa shape index (κ3) is 7.73. The summed E-state index contributed by atoms with van der Waals surface area (Å²) in [6, 6.07) is -0.586. The van der Waals surface area contributed by atoms with Crippen LogP contribution in [0.25, 0.3) is 0 Å². The maximum Gasteiger partial charge on any atom is 0.266 e. The molecule has 0 bridgehead atoms. The van der Waals surface area contributed by atoms with E-state index < -0.39 is 21.9 Å². The zero-order valence-corrected chi connectivity index (χ0v) is 6.92. The van der Waals surface area contributed by atoms with Gasteiger partial charge in [-0.1, -0.05) is 0 Å². The van der Waals surface area contributed by atoms with Crippen LogP contribution >= 0.6 is 0 Å². The molecule has 0 spiro atoms. The molecule has 0 aromatic heterocycles. The molecule has 68 valence electrons. The fourth-order valence-electron chi connectivity index (χ4n) is 0.707. The van der Waals surface area contributed by atoms with Crippen LogP contribution in [0.5, 0.6) is 0 Å². The second kappa shape index (κ2) is 4.66. The zero-order valence-electron chi connectivity index (χ0n) is 6.10. The van der Waals surface area contributed by atoms with E-state index in [-0.39, 0.29) is 6.61 Å². The predicted octanol–water partition coefficient (Wildman–Crippen LogP) is -1.03. The van der Waals surface area contributed by atoms with Gasteiger partial charge in [0.05, 0.1) is 5.75 Å². The van der Waals surface area contributed by atoms with Crippen LogP contribution in [0.4, 0.5) is 0 Å². The van der Waals surface area contributed by atoms with E-state index in [1.807, 2.05) is 0 Å². The van der Waals surface area contributed by atoms with Crippen LogP contribution in [-0.2, 0) is 10.1 Å². The van der Waals surface area contributed by atoms with Gasteiger partial charge in [-0.15, -0.1) is 0 Å². The highest BCUT2D eigenvalue weighted by Crippen LogP contribution is 1.96. The molecule has 0 radical (unpaired) electrons. The fraction of sp³-hybridized carbons (Fsp3) is 1.00. The Balaban J connectivity index is 3.61. The predicted molar refractivity (Wildman–Crippen MR) is 40.7 cm³/mol. The first-order valence-electron chi connectivity index (χ1n) is 3.27. The van der Waals surface area contributed by atoms with Crippen LogP contribution in [0, 0.1) is 0 Å². The van der Waals surface area contributed by atoms with E-state index in [9.17, 15) is 8.42 Å². The molecule has 0 heterocycles. The maximum atomic E-state index is 10.2. The van der Waals surface area contributed by atoms with Gasteiger partial charge in [-0.25, -0.2) is 0 Å². The molecule has 11 heavy (non-hydrogen) atoms. The third-order valence-electron chi connectivity index (χ3n) is 1.16. The van der Waals surface area contributed by atoms with E-state index in [0.29, 0.717) is 12.8 Å². The Kier molecular flexibility index (Phi) is 4.58. The Bertz CT molecular complexity index is 189. The highest BCUT2D eigenvalue weighted by Gasteiger charge is 2.11. The van der Waals surface area contributed by atoms with Crippen LogP contribution in [0.3, 0.4) is 0 Å². The first kappa shape index (κ1) is 10.8. The molecule has 0 aliphatic carbocycles. The van der Waals surface area contributed by atoms with Crippen molar-refractivity contribution >= 4 is 10.1 Å². The third-order valence-corrected chi connectivity index (χ3v) is 2.01. The number of nitrogens with two attached hydrogens (primary N) is 1. The lowest BCUT2D eigenvalue weighted by Crippen LogP contribution is -2.29. The van der Waals surface area contributed by atoms with Gasteiger partial charge in [0.25, 0.3) is 10.1 Å². The number of hydrogen-bond donors (Lipinski definition) is 3. The van der Waals surface area contributed by atoms with E-state index in [1.165, 1.54) is 0 Å². The van der Waals surface area contributed by atoms with E-state index in [2.05, 4.69) is 0 Å². The minimum Gasteiger partial charge on any atom is -0.396 e. The van der Waals surface area contributed by atoms with Gasteiger partial charge < -0.3 is 10.8 Å². The van der Waals surface area contributed by atoms with Crippen LogP contribution < -0.4 is 5.73 Å². The van der Waals surface area contributed by atoms with E-state index in [1.54, 1.807) is 0 Å². The Hall–Kier alpha value is -0.170. The van der Waals surface area contributed by atoms with Gasteiger partial charge in [0.2, 0.25) is 0 Å². The molecule has 0 aliphatic rings. The molecule has 1 unspecified atom stereocenters. The maximum absolute atomic E-state index is 10.2. The standard InChI is InChI=1S/C5H13NO4S/c6-5(2-1-3-7)4-11(8,9)10/h5,7H,1-4,6H2,(H,8,9,10). The molecule has 0 aromatic carbocycles. The van der Waals surface area contributed by atoms with Crippen molar-refractivity contribution < 1.29 is 18.1 Å². The number of hydrogen-bond acceptors (Lipinski definition) is 4. The average Bonchev–Trinajstić information content (AvgIpc) is 1.79. The van der Waals surface area contributed by atoms with Crippen molar-refractivity contribution in [2.45, 2.75) is 18.9 Å². The topological polar surface area (TPSA) is 101 Å². The number of aliphatic hydroxyl groups excluding tert-OH is 1. The smallest absolute Gasteiger partial charge is 0.266 e. The van der Waals surface area contributed by atoms with Gasteiger partial charge in [0.15, 0.2) is 0 Å². The number of aliphatic hydroxyl groups is 1. The van der Waals surface area contributed by atoms with Gasteiger partial charge in [-0.3, -0.25) is 4.55 Å². The largest absolute Gasteiger partial charge is 0.396 e. The SMILES string of the molecule is NC(CCCO)CS(=O)(=O)O. The van der Waals surface area contributed by atoms with Crippen LogP contribution in [0.2, 0.25) is 0 Å². The van der Waals surface area contributed by atoms with Crippen molar-refractivity contribution in [2.24, 2.45) is 5.73 Å². The lowest BCUT2D eigenvalue weighted by atomic mass is 10.2. The Morgan fingerprint density at radius 2 is 2.00 bits per heavy atom. The summed E-state index contributed by atoms with van der Waals surface area (Å²) in [4.78, 5) is 0. The molecule has 0 amide bonds. The fourth-order valence-corrected chi connectivity index (χ4v) is 1.42. The van der Waals surface area contributed by atoms with Crippen LogP contribution in [0.1, 0.15) is 12.8 Å². The second-order valence-electron chi connectivity index (χ2n) is 2.37. The van der Waals surface area contributed by atoms with Crippen molar-refractivity contribution in [3.05, 3.63) is 0 Å². The molecule has 1 atom stereocenters. The molecule has 5 nitrogen and oxygen atoms in total. The average molecular weight is 183 g/mol. The first-order valence-corrected chi connectivity index (χ1v) is 4.88. The molecular formula is C5H13NO4S. The molecule has 0 saturated carbocycles. The quantitative estimate of drug-likeness (QED) is 0.473. The van der Waals surface area contributed by atoms with Gasteiger partial charge in [0, 0.05) is 12.6 Å². The van der Waals surface area contributed by atoms with E-state index in [0.717, 1.165) is 0 Å².